The van der Waals surface area contributed by atoms with E-state index in [1.807, 2.05) is 20.8 Å². The Balaban J connectivity index is 2.35. The summed E-state index contributed by atoms with van der Waals surface area (Å²) in [7, 11) is 0. The van der Waals surface area contributed by atoms with E-state index in [4.69, 9.17) is 4.74 Å². The van der Waals surface area contributed by atoms with Crippen LogP contribution >= 0.6 is 0 Å². The second-order valence-corrected chi connectivity index (χ2v) is 11.5. The molecule has 8 heteroatoms. The second kappa shape index (κ2) is 26.0. The van der Waals surface area contributed by atoms with Gasteiger partial charge >= 0.3 is 5.97 Å². The predicted octanol–water partition coefficient (Wildman–Crippen LogP) is 8.83. The van der Waals surface area contributed by atoms with Crippen molar-refractivity contribution in [2.24, 2.45) is 5.92 Å². The van der Waals surface area contributed by atoms with Crippen molar-refractivity contribution in [1.29, 1.82) is 0 Å². The minimum absolute atomic E-state index is 0.114. The number of rotatable bonds is 24. The lowest BCUT2D eigenvalue weighted by molar-refractivity contribution is -0.136. The molecular formula is C39H56N2O6. The number of hydrogen-bond acceptors (Lipinski definition) is 5. The summed E-state index contributed by atoms with van der Waals surface area (Å²) in [5.74, 6) is -2.43. The summed E-state index contributed by atoms with van der Waals surface area (Å²) >= 11 is 0. The van der Waals surface area contributed by atoms with Gasteiger partial charge in [-0.25, -0.2) is 4.79 Å². The normalized spacial score (nSPS) is 13.6. The summed E-state index contributed by atoms with van der Waals surface area (Å²) < 4.78 is 5.85. The van der Waals surface area contributed by atoms with Crippen molar-refractivity contribution in [3.05, 3.63) is 96.7 Å². The van der Waals surface area contributed by atoms with Crippen LogP contribution in [0.25, 0.3) is 0 Å². The molecule has 47 heavy (non-hydrogen) atoms. The zero-order valence-corrected chi connectivity index (χ0v) is 28.7. The molecule has 1 aromatic carbocycles. The molecule has 0 aliphatic carbocycles. The number of carbonyl (C=O) groups excluding carboxylic acids is 2. The van der Waals surface area contributed by atoms with Gasteiger partial charge in [0.1, 0.15) is 23.5 Å². The number of hydrogen-bond donors (Lipinski definition) is 4. The fourth-order valence-corrected chi connectivity index (χ4v) is 4.43. The van der Waals surface area contributed by atoms with Crippen LogP contribution in [0.1, 0.15) is 102 Å². The van der Waals surface area contributed by atoms with E-state index in [0.717, 1.165) is 51.4 Å². The molecule has 2 atom stereocenters. The molecule has 0 aliphatic rings. The van der Waals surface area contributed by atoms with E-state index in [-0.39, 0.29) is 23.1 Å². The molecule has 0 radical (unpaired) electrons. The van der Waals surface area contributed by atoms with E-state index < -0.39 is 29.8 Å². The lowest BCUT2D eigenvalue weighted by atomic mass is 10.0. The third-order valence-electron chi connectivity index (χ3n) is 6.93. The number of ether oxygens (including phenoxy) is 1. The molecule has 258 valence electrons. The number of carboxylic acids is 1. The smallest absolute Gasteiger partial charge is 0.339 e. The third kappa shape index (κ3) is 19.8. The van der Waals surface area contributed by atoms with E-state index in [1.54, 1.807) is 0 Å². The maximum Gasteiger partial charge on any atom is 0.339 e. The maximum absolute atomic E-state index is 13.0. The molecule has 2 unspecified atom stereocenters. The highest BCUT2D eigenvalue weighted by atomic mass is 16.5. The fraction of sp³-hybridized carbons (Fsp3) is 0.462. The van der Waals surface area contributed by atoms with Crippen molar-refractivity contribution >= 4 is 23.5 Å². The van der Waals surface area contributed by atoms with Gasteiger partial charge in [-0.05, 0) is 88.3 Å². The van der Waals surface area contributed by atoms with Crippen LogP contribution < -0.4 is 10.6 Å². The Morgan fingerprint density at radius 3 is 1.81 bits per heavy atom. The standard InChI is InChI=1S/C39H56N2O6/c1-5-7-8-9-10-11-12-13-14-15-16-17-18-19-20-21-22-23-24-25-28-47-36(6-2)38(44)41-34(29-31(3)4)37(43)40-32-26-27-35(42)33(30-32)39(45)46/h7-8,10-11,13-14,16-17,19-20,22-23,26-27,30-31,34,36,42H,5-6,9,12,15,18,21,24-25,28-29H2,1-4H3,(H,40,43)(H,41,44)(H,45,46). The average molecular weight is 649 g/mol. The van der Waals surface area contributed by atoms with Crippen LogP contribution in [0.15, 0.2) is 91.1 Å². The Hall–Kier alpha value is -4.17. The van der Waals surface area contributed by atoms with Crippen LogP contribution in [-0.4, -0.2) is 46.7 Å². The molecule has 4 N–H and O–H groups in total. The van der Waals surface area contributed by atoms with Gasteiger partial charge in [-0.3, -0.25) is 9.59 Å². The number of aromatic carboxylic acids is 1. The van der Waals surface area contributed by atoms with E-state index in [0.29, 0.717) is 19.4 Å². The molecule has 0 saturated carbocycles. The van der Waals surface area contributed by atoms with Crippen molar-refractivity contribution in [3.8, 4) is 5.75 Å². The van der Waals surface area contributed by atoms with E-state index >= 15 is 0 Å². The van der Waals surface area contributed by atoms with E-state index in [1.165, 1.54) is 18.2 Å². The Morgan fingerprint density at radius 1 is 0.787 bits per heavy atom. The molecule has 1 rings (SSSR count). The zero-order chi connectivity index (χ0) is 34.7. The van der Waals surface area contributed by atoms with Gasteiger partial charge in [-0.2, -0.15) is 0 Å². The van der Waals surface area contributed by atoms with Crippen LogP contribution in [0.3, 0.4) is 0 Å². The van der Waals surface area contributed by atoms with Crippen molar-refractivity contribution in [2.75, 3.05) is 11.9 Å². The van der Waals surface area contributed by atoms with Crippen molar-refractivity contribution in [2.45, 2.75) is 104 Å². The molecule has 0 heterocycles. The SMILES string of the molecule is CCC=CCC=CCC=CCC=CCC=CCC=CCCCOC(CC)C(=O)NC(CC(C)C)C(=O)Nc1ccc(O)c(C(=O)O)c1. The molecule has 0 spiro atoms. The number of carboxylic acid groups (broad SMARTS) is 1. The van der Waals surface area contributed by atoms with Gasteiger partial charge in [-0.15, -0.1) is 0 Å². The number of anilines is 1. The number of nitrogens with one attached hydrogen (secondary N) is 2. The van der Waals surface area contributed by atoms with Crippen molar-refractivity contribution in [1.82, 2.24) is 5.32 Å². The Bertz CT molecular complexity index is 1240. The van der Waals surface area contributed by atoms with Crippen LogP contribution in [-0.2, 0) is 14.3 Å². The summed E-state index contributed by atoms with van der Waals surface area (Å²) in [6, 6.07) is 2.96. The summed E-state index contributed by atoms with van der Waals surface area (Å²) in [4.78, 5) is 37.3. The first-order valence-corrected chi connectivity index (χ1v) is 16.9. The van der Waals surface area contributed by atoms with Gasteiger partial charge < -0.3 is 25.6 Å². The van der Waals surface area contributed by atoms with Gasteiger partial charge in [0.25, 0.3) is 0 Å². The molecule has 2 amide bonds. The second-order valence-electron chi connectivity index (χ2n) is 11.5. The van der Waals surface area contributed by atoms with Crippen molar-refractivity contribution in [3.63, 3.8) is 0 Å². The van der Waals surface area contributed by atoms with E-state index in [2.05, 4.69) is 90.5 Å². The molecule has 0 saturated heterocycles. The number of carbonyl (C=O) groups is 3. The quantitative estimate of drug-likeness (QED) is 0.0504. The topological polar surface area (TPSA) is 125 Å². The summed E-state index contributed by atoms with van der Waals surface area (Å²) in [6.07, 6.45) is 33.7. The van der Waals surface area contributed by atoms with Gasteiger partial charge in [0, 0.05) is 12.3 Å². The number of allylic oxidation sites excluding steroid dienone is 12. The number of aromatic hydroxyl groups is 1. The van der Waals surface area contributed by atoms with E-state index in [9.17, 15) is 24.6 Å². The summed E-state index contributed by atoms with van der Waals surface area (Å²) in [5.41, 5.74) is -0.110. The zero-order valence-electron chi connectivity index (χ0n) is 28.7. The lowest BCUT2D eigenvalue weighted by Gasteiger charge is -2.23. The summed E-state index contributed by atoms with van der Waals surface area (Å²) in [5, 5.41) is 24.4. The highest BCUT2D eigenvalue weighted by Gasteiger charge is 2.26. The van der Waals surface area contributed by atoms with Crippen LogP contribution in [0.2, 0.25) is 0 Å². The average Bonchev–Trinajstić information content (AvgIpc) is 3.03. The number of unbranched alkanes of at least 4 members (excludes halogenated alkanes) is 1. The number of benzene rings is 1. The minimum Gasteiger partial charge on any atom is -0.507 e. The monoisotopic (exact) mass is 648 g/mol. The lowest BCUT2D eigenvalue weighted by Crippen LogP contribution is -2.48. The number of phenols is 1. The van der Waals surface area contributed by atoms with Gasteiger partial charge in [0.15, 0.2) is 0 Å². The summed E-state index contributed by atoms with van der Waals surface area (Å²) in [6.45, 7) is 8.31. The Labute approximate surface area is 282 Å². The maximum atomic E-state index is 13.0. The largest absolute Gasteiger partial charge is 0.507 e. The molecule has 0 aromatic heterocycles. The van der Waals surface area contributed by atoms with Gasteiger partial charge in [-0.1, -0.05) is 101 Å². The van der Waals surface area contributed by atoms with Crippen LogP contribution in [0.5, 0.6) is 5.75 Å². The van der Waals surface area contributed by atoms with Gasteiger partial charge in [0.2, 0.25) is 11.8 Å². The number of amides is 2. The van der Waals surface area contributed by atoms with Crippen LogP contribution in [0, 0.1) is 5.92 Å². The first-order valence-electron chi connectivity index (χ1n) is 16.9. The fourth-order valence-electron chi connectivity index (χ4n) is 4.43. The first kappa shape index (κ1) is 40.9. The molecule has 0 bridgehead atoms. The highest BCUT2D eigenvalue weighted by molar-refractivity contribution is 5.99. The predicted molar refractivity (Wildman–Crippen MR) is 193 cm³/mol. The van der Waals surface area contributed by atoms with Crippen LogP contribution in [0.4, 0.5) is 5.69 Å². The third-order valence-corrected chi connectivity index (χ3v) is 6.93. The minimum atomic E-state index is -1.31. The molecule has 8 nitrogen and oxygen atoms in total. The molecule has 0 fully saturated rings. The van der Waals surface area contributed by atoms with Crippen molar-refractivity contribution < 1.29 is 29.3 Å². The van der Waals surface area contributed by atoms with Gasteiger partial charge in [0.05, 0.1) is 0 Å². The Kier molecular flexibility index (Phi) is 22.6. The first-order chi connectivity index (χ1) is 22.7. The highest BCUT2D eigenvalue weighted by Crippen LogP contribution is 2.22. The molecule has 1 aromatic rings. The Morgan fingerprint density at radius 2 is 1.32 bits per heavy atom. The molecular weight excluding hydrogens is 592 g/mol. The molecule has 0 aliphatic heterocycles.